The quantitative estimate of drug-likeness (QED) is 0.268. The van der Waals surface area contributed by atoms with Gasteiger partial charge in [0.2, 0.25) is 0 Å². The molecular formula is C21H44. The Balaban J connectivity index is 3.93. The van der Waals surface area contributed by atoms with Crippen molar-refractivity contribution in [3.63, 3.8) is 0 Å². The lowest BCUT2D eigenvalue weighted by molar-refractivity contribution is 0.300. The molecule has 0 radical (unpaired) electrons. The second-order valence-corrected chi connectivity index (χ2v) is 7.49. The van der Waals surface area contributed by atoms with Crippen LogP contribution in [-0.2, 0) is 0 Å². The van der Waals surface area contributed by atoms with Crippen LogP contribution in [0.2, 0.25) is 0 Å². The molecule has 0 aliphatic carbocycles. The molecule has 0 heteroatoms. The van der Waals surface area contributed by atoms with Crippen molar-refractivity contribution in [1.29, 1.82) is 0 Å². The molecule has 0 aliphatic heterocycles. The molecule has 0 heterocycles. The monoisotopic (exact) mass is 296 g/mol. The van der Waals surface area contributed by atoms with Crippen LogP contribution in [0.1, 0.15) is 118 Å². The highest BCUT2D eigenvalue weighted by molar-refractivity contribution is 4.67. The van der Waals surface area contributed by atoms with Gasteiger partial charge in [0.25, 0.3) is 0 Å². The number of hydrogen-bond donors (Lipinski definition) is 0. The fourth-order valence-electron chi connectivity index (χ4n) is 3.72. The van der Waals surface area contributed by atoms with Gasteiger partial charge in [-0.1, -0.05) is 112 Å². The maximum absolute atomic E-state index is 2.51. The van der Waals surface area contributed by atoms with Crippen LogP contribution in [0.5, 0.6) is 0 Å². The third-order valence-corrected chi connectivity index (χ3v) is 5.26. The van der Waals surface area contributed by atoms with Gasteiger partial charge in [-0.05, 0) is 24.2 Å². The lowest BCUT2D eigenvalue weighted by atomic mass is 9.84. The van der Waals surface area contributed by atoms with Gasteiger partial charge in [0.1, 0.15) is 0 Å². The molecule has 0 aromatic carbocycles. The first kappa shape index (κ1) is 21.0. The van der Waals surface area contributed by atoms with Gasteiger partial charge in [0, 0.05) is 0 Å². The molecule has 3 atom stereocenters. The van der Waals surface area contributed by atoms with Gasteiger partial charge >= 0.3 is 0 Å². The van der Waals surface area contributed by atoms with Gasteiger partial charge in [-0.2, -0.15) is 0 Å². The molecule has 0 saturated carbocycles. The fraction of sp³-hybridized carbons (Fsp3) is 1.00. The van der Waals surface area contributed by atoms with Crippen LogP contribution in [0, 0.1) is 17.8 Å². The Morgan fingerprint density at radius 3 is 1.81 bits per heavy atom. The molecule has 3 unspecified atom stereocenters. The lowest BCUT2D eigenvalue weighted by Gasteiger charge is -2.22. The Hall–Kier alpha value is 0. The minimum atomic E-state index is 0.943. The van der Waals surface area contributed by atoms with E-state index in [1.165, 1.54) is 83.5 Å². The molecule has 21 heavy (non-hydrogen) atoms. The minimum absolute atomic E-state index is 0.943. The Morgan fingerprint density at radius 1 is 0.571 bits per heavy atom. The Bertz CT molecular complexity index is 196. The molecule has 0 aromatic rings. The maximum Gasteiger partial charge on any atom is -0.0412 e. The highest BCUT2D eigenvalue weighted by Crippen LogP contribution is 2.28. The summed E-state index contributed by atoms with van der Waals surface area (Å²) in [5.74, 6) is 2.95. The molecule has 0 N–H and O–H groups in total. The van der Waals surface area contributed by atoms with Crippen LogP contribution in [-0.4, -0.2) is 0 Å². The van der Waals surface area contributed by atoms with Crippen molar-refractivity contribution in [2.24, 2.45) is 17.8 Å². The predicted molar refractivity (Wildman–Crippen MR) is 98.9 cm³/mol. The van der Waals surface area contributed by atoms with Crippen LogP contribution in [0.3, 0.4) is 0 Å². The zero-order chi connectivity index (χ0) is 15.9. The van der Waals surface area contributed by atoms with E-state index in [0.29, 0.717) is 0 Å². The van der Waals surface area contributed by atoms with Gasteiger partial charge in [0.05, 0.1) is 0 Å². The van der Waals surface area contributed by atoms with Crippen LogP contribution in [0.25, 0.3) is 0 Å². The first-order valence-electron chi connectivity index (χ1n) is 10.2. The second-order valence-electron chi connectivity index (χ2n) is 7.49. The van der Waals surface area contributed by atoms with Gasteiger partial charge in [-0.15, -0.1) is 0 Å². The Kier molecular flexibility index (Phi) is 14.9. The van der Waals surface area contributed by atoms with Crippen LogP contribution in [0.15, 0.2) is 0 Å². The Morgan fingerprint density at radius 2 is 1.24 bits per heavy atom. The van der Waals surface area contributed by atoms with Crippen LogP contribution >= 0.6 is 0 Å². The van der Waals surface area contributed by atoms with E-state index in [2.05, 4.69) is 34.6 Å². The molecular weight excluding hydrogens is 252 g/mol. The van der Waals surface area contributed by atoms with E-state index in [-0.39, 0.29) is 0 Å². The van der Waals surface area contributed by atoms with Crippen molar-refractivity contribution in [2.75, 3.05) is 0 Å². The van der Waals surface area contributed by atoms with Crippen molar-refractivity contribution >= 4 is 0 Å². The molecule has 0 fully saturated rings. The minimum Gasteiger partial charge on any atom is -0.0654 e. The topological polar surface area (TPSA) is 0 Å². The third kappa shape index (κ3) is 12.2. The summed E-state index contributed by atoms with van der Waals surface area (Å²) in [5, 5.41) is 0. The maximum atomic E-state index is 2.51. The van der Waals surface area contributed by atoms with Crippen LogP contribution < -0.4 is 0 Å². The zero-order valence-corrected chi connectivity index (χ0v) is 15.9. The van der Waals surface area contributed by atoms with Crippen LogP contribution in [0.4, 0.5) is 0 Å². The fourth-order valence-corrected chi connectivity index (χ4v) is 3.72. The molecule has 0 amide bonds. The first-order chi connectivity index (χ1) is 10.2. The standard InChI is InChI=1S/C21H44/c1-6-10-12-15-20(9-4)17-16-19(5)18-21(13-8-3)14-11-7-2/h19-21H,6-18H2,1-5H3. The predicted octanol–water partition coefficient (Wildman–Crippen LogP) is 8.01. The van der Waals surface area contributed by atoms with E-state index >= 15 is 0 Å². The molecule has 0 spiro atoms. The average molecular weight is 297 g/mol. The Labute approximate surface area is 136 Å². The number of unbranched alkanes of at least 4 members (excludes halogenated alkanes) is 3. The van der Waals surface area contributed by atoms with E-state index in [4.69, 9.17) is 0 Å². The SMILES string of the molecule is CCCCCC(CC)CCC(C)CC(CCC)CCCC. The summed E-state index contributed by atoms with van der Waals surface area (Å²) in [6, 6.07) is 0. The van der Waals surface area contributed by atoms with Crippen molar-refractivity contribution in [3.05, 3.63) is 0 Å². The smallest absolute Gasteiger partial charge is 0.0412 e. The highest BCUT2D eigenvalue weighted by Gasteiger charge is 2.14. The number of hydrogen-bond acceptors (Lipinski definition) is 0. The largest absolute Gasteiger partial charge is 0.0654 e. The van der Waals surface area contributed by atoms with Crippen molar-refractivity contribution < 1.29 is 0 Å². The average Bonchev–Trinajstić information content (AvgIpc) is 2.48. The molecule has 0 aromatic heterocycles. The van der Waals surface area contributed by atoms with E-state index in [1.54, 1.807) is 0 Å². The summed E-state index contributed by atoms with van der Waals surface area (Å²) in [5.41, 5.74) is 0. The van der Waals surface area contributed by atoms with Gasteiger partial charge < -0.3 is 0 Å². The van der Waals surface area contributed by atoms with E-state index in [9.17, 15) is 0 Å². The summed E-state index contributed by atoms with van der Waals surface area (Å²) in [7, 11) is 0. The second kappa shape index (κ2) is 14.9. The summed E-state index contributed by atoms with van der Waals surface area (Å²) < 4.78 is 0. The van der Waals surface area contributed by atoms with Crippen molar-refractivity contribution in [3.8, 4) is 0 Å². The first-order valence-corrected chi connectivity index (χ1v) is 10.2. The summed E-state index contributed by atoms with van der Waals surface area (Å²) >= 11 is 0. The number of rotatable bonds is 15. The lowest BCUT2D eigenvalue weighted by Crippen LogP contribution is -2.09. The van der Waals surface area contributed by atoms with E-state index in [0.717, 1.165) is 17.8 Å². The molecule has 0 bridgehead atoms. The molecule has 128 valence electrons. The third-order valence-electron chi connectivity index (χ3n) is 5.26. The van der Waals surface area contributed by atoms with E-state index in [1.807, 2.05) is 0 Å². The highest BCUT2D eigenvalue weighted by atomic mass is 14.2. The molecule has 0 nitrogen and oxygen atoms in total. The molecule has 0 aliphatic rings. The van der Waals surface area contributed by atoms with Crippen molar-refractivity contribution in [2.45, 2.75) is 118 Å². The normalized spacial score (nSPS) is 15.9. The zero-order valence-electron chi connectivity index (χ0n) is 15.9. The summed E-state index contributed by atoms with van der Waals surface area (Å²) in [6.45, 7) is 11.9. The van der Waals surface area contributed by atoms with Gasteiger partial charge in [-0.25, -0.2) is 0 Å². The van der Waals surface area contributed by atoms with Crippen molar-refractivity contribution in [1.82, 2.24) is 0 Å². The van der Waals surface area contributed by atoms with E-state index < -0.39 is 0 Å². The summed E-state index contributed by atoms with van der Waals surface area (Å²) in [4.78, 5) is 0. The molecule has 0 rings (SSSR count). The van der Waals surface area contributed by atoms with Gasteiger partial charge in [0.15, 0.2) is 0 Å². The van der Waals surface area contributed by atoms with Gasteiger partial charge in [-0.3, -0.25) is 0 Å². The summed E-state index contributed by atoms with van der Waals surface area (Å²) in [6.07, 6.45) is 18.7. The molecule has 0 saturated heterocycles.